The van der Waals surface area contributed by atoms with E-state index in [2.05, 4.69) is 12.6 Å². The van der Waals surface area contributed by atoms with Crippen molar-refractivity contribution >= 4 is 29.9 Å². The van der Waals surface area contributed by atoms with Crippen LogP contribution in [-0.2, 0) is 4.74 Å². The molecule has 1 aromatic rings. The van der Waals surface area contributed by atoms with Crippen LogP contribution in [0.15, 0.2) is 16.3 Å². The molecule has 1 saturated heterocycles. The molecule has 0 aliphatic carbocycles. The molecule has 0 bridgehead atoms. The van der Waals surface area contributed by atoms with Gasteiger partial charge >= 0.3 is 0 Å². The molecule has 1 fully saturated rings. The van der Waals surface area contributed by atoms with E-state index in [1.807, 2.05) is 18.5 Å². The van der Waals surface area contributed by atoms with E-state index in [1.54, 1.807) is 4.90 Å². The third-order valence-electron chi connectivity index (χ3n) is 2.57. The summed E-state index contributed by atoms with van der Waals surface area (Å²) >= 11 is 5.63. The van der Waals surface area contributed by atoms with E-state index in [9.17, 15) is 4.79 Å². The maximum atomic E-state index is 12.0. The summed E-state index contributed by atoms with van der Waals surface area (Å²) in [5.41, 5.74) is 0. The van der Waals surface area contributed by atoms with Crippen LogP contribution in [0.3, 0.4) is 0 Å². The first-order valence-electron chi connectivity index (χ1n) is 4.81. The summed E-state index contributed by atoms with van der Waals surface area (Å²) in [6.07, 6.45) is 0.932. The van der Waals surface area contributed by atoms with Crippen molar-refractivity contribution in [3.05, 3.63) is 16.3 Å². The highest BCUT2D eigenvalue weighted by atomic mass is 32.1. The van der Waals surface area contributed by atoms with Crippen LogP contribution >= 0.6 is 24.0 Å². The number of carbonyl (C=O) groups excluding carboxylic acids is 1. The van der Waals surface area contributed by atoms with E-state index in [1.165, 1.54) is 11.3 Å². The van der Waals surface area contributed by atoms with Gasteiger partial charge in [-0.05, 0) is 12.5 Å². The number of likely N-dealkylation sites (N-methyl/N-ethyl adjacent to an activating group) is 1. The molecule has 1 aliphatic rings. The molecule has 3 nitrogen and oxygen atoms in total. The van der Waals surface area contributed by atoms with Crippen molar-refractivity contribution in [2.45, 2.75) is 17.4 Å². The highest BCUT2D eigenvalue weighted by Gasteiger charge is 2.25. The van der Waals surface area contributed by atoms with Gasteiger partial charge in [-0.1, -0.05) is 0 Å². The second-order valence-electron chi connectivity index (χ2n) is 3.60. The highest BCUT2D eigenvalue weighted by Crippen LogP contribution is 2.21. The van der Waals surface area contributed by atoms with Crippen molar-refractivity contribution in [2.24, 2.45) is 0 Å². The minimum absolute atomic E-state index is 0.0656. The first-order valence-corrected chi connectivity index (χ1v) is 6.13. The normalized spacial score (nSPS) is 20.5. The first-order chi connectivity index (χ1) is 7.18. The van der Waals surface area contributed by atoms with Gasteiger partial charge in [0.15, 0.2) is 0 Å². The maximum Gasteiger partial charge on any atom is 0.264 e. The van der Waals surface area contributed by atoms with Gasteiger partial charge in [-0.25, -0.2) is 0 Å². The number of hydrogen-bond acceptors (Lipinski definition) is 4. The minimum Gasteiger partial charge on any atom is -0.379 e. The third-order valence-corrected chi connectivity index (χ3v) is 3.92. The number of carbonyl (C=O) groups is 1. The van der Waals surface area contributed by atoms with Crippen molar-refractivity contribution in [2.75, 3.05) is 20.3 Å². The second kappa shape index (κ2) is 4.55. The largest absolute Gasteiger partial charge is 0.379 e. The third kappa shape index (κ3) is 2.35. The summed E-state index contributed by atoms with van der Waals surface area (Å²) in [6, 6.07) is 2.03. The van der Waals surface area contributed by atoms with Gasteiger partial charge in [0.25, 0.3) is 5.91 Å². The van der Waals surface area contributed by atoms with Crippen molar-refractivity contribution in [1.29, 1.82) is 0 Å². The van der Waals surface area contributed by atoms with Gasteiger partial charge in [0, 0.05) is 23.9 Å². The lowest BCUT2D eigenvalue weighted by Gasteiger charge is -2.22. The second-order valence-corrected chi connectivity index (χ2v) is 5.03. The Morgan fingerprint density at radius 2 is 2.53 bits per heavy atom. The van der Waals surface area contributed by atoms with Crippen LogP contribution in [0.4, 0.5) is 0 Å². The number of ether oxygens (including phenoxy) is 1. The number of amides is 1. The molecule has 2 heterocycles. The summed E-state index contributed by atoms with van der Waals surface area (Å²) < 4.78 is 5.26. The zero-order valence-corrected chi connectivity index (χ0v) is 10.2. The van der Waals surface area contributed by atoms with Gasteiger partial charge in [-0.15, -0.1) is 24.0 Å². The van der Waals surface area contributed by atoms with E-state index < -0.39 is 0 Å². The molecule has 0 aromatic carbocycles. The average Bonchev–Trinajstić information content (AvgIpc) is 2.85. The number of thiophene rings is 1. The Kier molecular flexibility index (Phi) is 3.33. The zero-order chi connectivity index (χ0) is 10.8. The van der Waals surface area contributed by atoms with E-state index in [-0.39, 0.29) is 11.9 Å². The van der Waals surface area contributed by atoms with Crippen LogP contribution in [0.25, 0.3) is 0 Å². The van der Waals surface area contributed by atoms with E-state index in [4.69, 9.17) is 4.74 Å². The van der Waals surface area contributed by atoms with Crippen molar-refractivity contribution < 1.29 is 9.53 Å². The Morgan fingerprint density at radius 3 is 3.07 bits per heavy atom. The molecular formula is C10H13NO2S2. The van der Waals surface area contributed by atoms with Crippen molar-refractivity contribution in [3.8, 4) is 0 Å². The molecule has 0 N–H and O–H groups in total. The van der Waals surface area contributed by atoms with Crippen molar-refractivity contribution in [1.82, 2.24) is 4.90 Å². The van der Waals surface area contributed by atoms with E-state index in [0.29, 0.717) is 6.61 Å². The van der Waals surface area contributed by atoms with Crippen LogP contribution in [0.5, 0.6) is 0 Å². The van der Waals surface area contributed by atoms with Crippen LogP contribution in [0.1, 0.15) is 16.1 Å². The minimum atomic E-state index is 0.0656. The van der Waals surface area contributed by atoms with Gasteiger partial charge in [0.05, 0.1) is 17.5 Å². The summed E-state index contributed by atoms with van der Waals surface area (Å²) in [4.78, 5) is 15.4. The van der Waals surface area contributed by atoms with Gasteiger partial charge < -0.3 is 9.64 Å². The number of nitrogens with zero attached hydrogens (tertiary/aromatic N) is 1. The predicted octanol–water partition coefficient (Wildman–Crippen LogP) is 1.90. The number of thiol groups is 1. The Hall–Kier alpha value is -0.520. The Morgan fingerprint density at radius 1 is 1.73 bits per heavy atom. The molecule has 82 valence electrons. The van der Waals surface area contributed by atoms with E-state index >= 15 is 0 Å². The topological polar surface area (TPSA) is 29.5 Å². The quantitative estimate of drug-likeness (QED) is 0.804. The smallest absolute Gasteiger partial charge is 0.264 e. The molecule has 1 aliphatic heterocycles. The predicted molar refractivity (Wildman–Crippen MR) is 62.9 cm³/mol. The summed E-state index contributed by atoms with van der Waals surface area (Å²) in [6.45, 7) is 1.41. The SMILES string of the molecule is CN(C(=O)c1cc(S)cs1)C1CCOC1. The molecule has 2 rings (SSSR count). The maximum absolute atomic E-state index is 12.0. The molecule has 5 heteroatoms. The highest BCUT2D eigenvalue weighted by molar-refractivity contribution is 7.80. The first kappa shape index (κ1) is 11.0. The van der Waals surface area contributed by atoms with E-state index in [0.717, 1.165) is 22.8 Å². The van der Waals surface area contributed by atoms with Crippen LogP contribution < -0.4 is 0 Å². The Labute approximate surface area is 98.4 Å². The Balaban J connectivity index is 2.06. The zero-order valence-electron chi connectivity index (χ0n) is 8.47. The van der Waals surface area contributed by atoms with Gasteiger partial charge in [0.2, 0.25) is 0 Å². The van der Waals surface area contributed by atoms with Crippen LogP contribution in [0, 0.1) is 0 Å². The molecule has 15 heavy (non-hydrogen) atoms. The summed E-state index contributed by atoms with van der Waals surface area (Å²) in [5, 5.41) is 1.87. The lowest BCUT2D eigenvalue weighted by molar-refractivity contribution is 0.0716. The molecular weight excluding hydrogens is 230 g/mol. The van der Waals surface area contributed by atoms with Gasteiger partial charge in [-0.2, -0.15) is 0 Å². The number of rotatable bonds is 2. The van der Waals surface area contributed by atoms with Crippen molar-refractivity contribution in [3.63, 3.8) is 0 Å². The Bertz CT molecular complexity index is 358. The van der Waals surface area contributed by atoms with Crippen LogP contribution in [0.2, 0.25) is 0 Å². The number of hydrogen-bond donors (Lipinski definition) is 1. The van der Waals surface area contributed by atoms with Gasteiger partial charge in [0.1, 0.15) is 0 Å². The fourth-order valence-electron chi connectivity index (χ4n) is 1.61. The molecule has 0 spiro atoms. The molecule has 0 radical (unpaired) electrons. The standard InChI is InChI=1S/C10H13NO2S2/c1-11(7-2-3-13-5-7)10(12)9-4-8(14)6-15-9/h4,6-7,14H,2-3,5H2,1H3. The average molecular weight is 243 g/mol. The molecule has 1 atom stereocenters. The molecule has 0 saturated carbocycles. The molecule has 1 unspecified atom stereocenters. The summed E-state index contributed by atoms with van der Waals surface area (Å²) in [7, 11) is 1.83. The fourth-order valence-corrected chi connectivity index (χ4v) is 2.74. The lowest BCUT2D eigenvalue weighted by Crippen LogP contribution is -2.36. The fraction of sp³-hybridized carbons (Fsp3) is 0.500. The van der Waals surface area contributed by atoms with Gasteiger partial charge in [-0.3, -0.25) is 4.79 Å². The molecule has 1 aromatic heterocycles. The van der Waals surface area contributed by atoms with Crippen LogP contribution in [-0.4, -0.2) is 37.1 Å². The molecule has 1 amide bonds. The summed E-state index contributed by atoms with van der Waals surface area (Å²) in [5.74, 6) is 0.0656. The lowest BCUT2D eigenvalue weighted by atomic mass is 10.2. The monoisotopic (exact) mass is 243 g/mol.